The summed E-state index contributed by atoms with van der Waals surface area (Å²) in [5.74, 6) is -10.4. The molecule has 2 saturated heterocycles. The average Bonchev–Trinajstić information content (AvgIpc) is 0.815. The van der Waals surface area contributed by atoms with Crippen LogP contribution in [0.25, 0.3) is 0 Å². The van der Waals surface area contributed by atoms with Crippen molar-refractivity contribution in [3.05, 3.63) is 0 Å². The number of aliphatic hydroxyl groups is 1. The van der Waals surface area contributed by atoms with Crippen molar-refractivity contribution >= 4 is 70.9 Å². The maximum absolute atomic E-state index is 15.6. The molecule has 2 saturated carbocycles. The second kappa shape index (κ2) is 42.7. The number of likely N-dealkylation sites (tertiary alicyclic amines) is 1. The van der Waals surface area contributed by atoms with Gasteiger partial charge in [-0.3, -0.25) is 57.5 Å². The first-order chi connectivity index (χ1) is 49.1. The summed E-state index contributed by atoms with van der Waals surface area (Å²) >= 11 is 0. The molecule has 105 heavy (non-hydrogen) atoms. The number of carbonyl (C=O) groups excluding carboxylic acids is 12. The van der Waals surface area contributed by atoms with Crippen LogP contribution >= 0.6 is 0 Å². The van der Waals surface area contributed by atoms with Crippen molar-refractivity contribution in [2.24, 2.45) is 29.6 Å². The molecule has 0 radical (unpaired) electrons. The van der Waals surface area contributed by atoms with Crippen molar-refractivity contribution in [1.29, 1.82) is 0 Å². The van der Waals surface area contributed by atoms with Crippen molar-refractivity contribution in [3.63, 3.8) is 0 Å². The standard InChI is InChI=1S/C75H129F3N12O15/c1-18-20-34-90-43-63(94)85(14)59(40-51-32-26-22-27-33-51)72(102)88(17)57(38-48(5)6)67(97)81-54(45-105-74(9,10)11)69(99)87(16)56(37-47(3)4)66(96)79-52(70(100)89-35-28-23-29-36-89)41-61(92)83(12)42-62(93)84(13)58(39-50-30-24-21-25-31-50)68(98)82-64(49(7)8)73(103)86(15)55(19-2)65(95)80-53(71(90)101)44-104-46-60(91)75(76,77)78/h47-60,64,91H,18-46H2,1-17H3,(H,79,96)(H,80,95)(H,81,97)(H,82,98)/t52-,53-,54-,55-,56-,57-,58-,59-,60?,64-/m0/s1. The predicted molar refractivity (Wildman–Crippen MR) is 390 cm³/mol. The van der Waals surface area contributed by atoms with E-state index in [0.717, 1.165) is 85.3 Å². The Hall–Kier alpha value is -6.69. The molecule has 2 aliphatic heterocycles. The number of halogens is 3. The van der Waals surface area contributed by atoms with Crippen LogP contribution in [0, 0.1) is 29.6 Å². The Bertz CT molecular complexity index is 2880. The summed E-state index contributed by atoms with van der Waals surface area (Å²) in [6, 6.07) is -12.6. The van der Waals surface area contributed by atoms with E-state index in [0.29, 0.717) is 32.4 Å². The van der Waals surface area contributed by atoms with E-state index in [1.54, 1.807) is 46.4 Å². The Balaban J connectivity index is 1.99. The van der Waals surface area contributed by atoms with Crippen LogP contribution in [0.15, 0.2) is 0 Å². The van der Waals surface area contributed by atoms with Gasteiger partial charge in [0.05, 0.1) is 44.9 Å². The van der Waals surface area contributed by atoms with Gasteiger partial charge in [0.2, 0.25) is 70.9 Å². The summed E-state index contributed by atoms with van der Waals surface area (Å²) in [6.07, 6.45) is 2.77. The molecule has 27 nitrogen and oxygen atoms in total. The molecule has 0 aromatic carbocycles. The van der Waals surface area contributed by atoms with Gasteiger partial charge in [-0.15, -0.1) is 0 Å². The summed E-state index contributed by atoms with van der Waals surface area (Å²) in [4.78, 5) is 190. The molecule has 2 aliphatic carbocycles. The van der Waals surface area contributed by atoms with Gasteiger partial charge in [-0.05, 0) is 108 Å². The molecule has 10 atom stereocenters. The fourth-order valence-corrected chi connectivity index (χ4v) is 14.3. The van der Waals surface area contributed by atoms with E-state index in [9.17, 15) is 47.0 Å². The maximum atomic E-state index is 15.6. The maximum Gasteiger partial charge on any atom is 0.416 e. The van der Waals surface area contributed by atoms with Crippen molar-refractivity contribution < 1.29 is 85.3 Å². The van der Waals surface area contributed by atoms with Crippen LogP contribution < -0.4 is 21.3 Å². The van der Waals surface area contributed by atoms with Crippen LogP contribution in [0.2, 0.25) is 0 Å². The minimum atomic E-state index is -5.13. The molecule has 0 aromatic rings. The molecule has 2 heterocycles. The number of hydrogen-bond donors (Lipinski definition) is 5. The van der Waals surface area contributed by atoms with E-state index in [1.807, 2.05) is 34.6 Å². The summed E-state index contributed by atoms with van der Waals surface area (Å²) in [5.41, 5.74) is -0.877. The van der Waals surface area contributed by atoms with Gasteiger partial charge < -0.3 is 75.0 Å². The number of nitrogens with zero attached hydrogens (tertiary/aromatic N) is 8. The summed E-state index contributed by atoms with van der Waals surface area (Å²) in [6.45, 7) is 15.8. The van der Waals surface area contributed by atoms with Crippen molar-refractivity contribution in [3.8, 4) is 0 Å². The van der Waals surface area contributed by atoms with Gasteiger partial charge >= 0.3 is 6.18 Å². The normalized spacial score (nSPS) is 26.2. The lowest BCUT2D eigenvalue weighted by Gasteiger charge is -2.38. The highest BCUT2D eigenvalue weighted by molar-refractivity contribution is 6.00. The molecule has 0 bridgehead atoms. The van der Waals surface area contributed by atoms with E-state index in [4.69, 9.17) is 9.47 Å². The molecule has 600 valence electrons. The third-order valence-electron chi connectivity index (χ3n) is 21.0. The quantitative estimate of drug-likeness (QED) is 0.102. The van der Waals surface area contributed by atoms with Crippen molar-refractivity contribution in [2.75, 3.05) is 94.8 Å². The van der Waals surface area contributed by atoms with Gasteiger partial charge in [0, 0.05) is 61.9 Å². The monoisotopic (exact) mass is 1490 g/mol. The highest BCUT2D eigenvalue weighted by Crippen LogP contribution is 2.32. The smallest absolute Gasteiger partial charge is 0.382 e. The lowest BCUT2D eigenvalue weighted by Crippen LogP contribution is -2.62. The highest BCUT2D eigenvalue weighted by atomic mass is 19.4. The highest BCUT2D eigenvalue weighted by Gasteiger charge is 2.45. The molecule has 30 heteroatoms. The molecule has 4 aliphatic rings. The lowest BCUT2D eigenvalue weighted by molar-refractivity contribution is -0.217. The number of unbranched alkanes of at least 4 members (excludes halogenated alkanes) is 1. The van der Waals surface area contributed by atoms with Crippen LogP contribution in [0.5, 0.6) is 0 Å². The summed E-state index contributed by atoms with van der Waals surface area (Å²) < 4.78 is 52.8. The van der Waals surface area contributed by atoms with Gasteiger partial charge in [-0.2, -0.15) is 13.2 Å². The lowest BCUT2D eigenvalue weighted by atomic mass is 9.84. The van der Waals surface area contributed by atoms with Crippen LogP contribution in [0.1, 0.15) is 211 Å². The Morgan fingerprint density at radius 2 is 0.990 bits per heavy atom. The number of rotatable bonds is 20. The molecule has 0 aromatic heterocycles. The number of amides is 12. The first-order valence-corrected chi connectivity index (χ1v) is 38.4. The third-order valence-corrected chi connectivity index (χ3v) is 21.0. The Kier molecular flexibility index (Phi) is 36.9. The summed E-state index contributed by atoms with van der Waals surface area (Å²) in [7, 11) is 8.30. The van der Waals surface area contributed by atoms with Crippen LogP contribution in [0.3, 0.4) is 0 Å². The Morgan fingerprint density at radius 3 is 1.49 bits per heavy atom. The van der Waals surface area contributed by atoms with E-state index >= 15 is 28.8 Å². The van der Waals surface area contributed by atoms with E-state index in [1.165, 1.54) is 61.9 Å². The number of piperidine rings is 1. The van der Waals surface area contributed by atoms with Gasteiger partial charge in [-0.25, -0.2) is 0 Å². The number of alkyl halides is 3. The second-order valence-electron chi connectivity index (χ2n) is 32.0. The zero-order chi connectivity index (χ0) is 79.0. The predicted octanol–water partition coefficient (Wildman–Crippen LogP) is 5.42. The zero-order valence-electron chi connectivity index (χ0n) is 66.0. The van der Waals surface area contributed by atoms with E-state index in [2.05, 4.69) is 21.3 Å². The minimum absolute atomic E-state index is 0.0239. The number of aliphatic hydroxyl groups excluding tert-OH is 1. The number of likely N-dealkylation sites (N-methyl/N-ethyl adjacent to an activating group) is 6. The molecular formula is C75H129F3N12O15. The third kappa shape index (κ3) is 28.1. The fraction of sp³-hybridized carbons (Fsp3) is 0.840. The molecular weight excluding hydrogens is 1370 g/mol. The minimum Gasteiger partial charge on any atom is -0.382 e. The number of nitrogens with one attached hydrogen (secondary N) is 4. The molecule has 12 amide bonds. The summed E-state index contributed by atoms with van der Waals surface area (Å²) in [5, 5.41) is 21.1. The van der Waals surface area contributed by atoms with Crippen LogP contribution in [-0.4, -0.2) is 282 Å². The zero-order valence-corrected chi connectivity index (χ0v) is 66.0. The van der Waals surface area contributed by atoms with Crippen LogP contribution in [0.4, 0.5) is 13.2 Å². The van der Waals surface area contributed by atoms with Gasteiger partial charge in [0.25, 0.3) is 0 Å². The molecule has 5 N–H and O–H groups in total. The van der Waals surface area contributed by atoms with E-state index in [-0.39, 0.29) is 68.7 Å². The van der Waals surface area contributed by atoms with Crippen molar-refractivity contribution in [2.45, 2.75) is 283 Å². The second-order valence-corrected chi connectivity index (χ2v) is 32.0. The number of hydrogen-bond acceptors (Lipinski definition) is 15. The van der Waals surface area contributed by atoms with E-state index < -0.39 is 188 Å². The average molecular weight is 1500 g/mol. The molecule has 1 unspecified atom stereocenters. The first-order valence-electron chi connectivity index (χ1n) is 38.4. The molecule has 0 spiro atoms. The molecule has 4 rings (SSSR count). The SMILES string of the molecule is CCCCN1CC(=O)N(C)[C@@H](CC2CCCCC2)C(=O)N(C)[C@@H](CC(C)C)C(=O)N[C@@H](COC(C)(C)C)C(=O)N(C)[C@@H](CC(C)C)C(=O)N[C@H](C(=O)N2CCCCC2)CC(=O)N(C)CC(=O)N(C)[C@@H](CC2CCCCC2)C(=O)N[C@@H](C(C)C)C(=O)N(C)[C@@H](CC)C(=O)N[C@@H](COCC(O)C(F)(F)F)C1=O. The van der Waals surface area contributed by atoms with Gasteiger partial charge in [0.15, 0.2) is 6.10 Å². The van der Waals surface area contributed by atoms with Crippen LogP contribution in [-0.2, 0) is 67.0 Å². The van der Waals surface area contributed by atoms with Gasteiger partial charge in [0.1, 0.15) is 54.4 Å². The fourth-order valence-electron chi connectivity index (χ4n) is 14.3. The molecule has 4 fully saturated rings. The Morgan fingerprint density at radius 1 is 0.533 bits per heavy atom. The largest absolute Gasteiger partial charge is 0.416 e. The topological polar surface area (TPSA) is 318 Å². The number of ether oxygens (including phenoxy) is 2. The number of carbonyl (C=O) groups is 12. The first kappa shape index (κ1) is 90.7. The van der Waals surface area contributed by atoms with Crippen molar-refractivity contribution in [1.82, 2.24) is 60.5 Å². The van der Waals surface area contributed by atoms with Gasteiger partial charge in [-0.1, -0.05) is 126 Å². The Labute approximate surface area is 621 Å².